The van der Waals surface area contributed by atoms with Gasteiger partial charge in [-0.25, -0.2) is 0 Å². The van der Waals surface area contributed by atoms with Gasteiger partial charge in [0.05, 0.1) is 0 Å². The number of carbonyl (C=O) groups is 1. The number of hydrogen-bond acceptors (Lipinski definition) is 4. The predicted molar refractivity (Wildman–Crippen MR) is 58.5 cm³/mol. The Morgan fingerprint density at radius 1 is 1.60 bits per heavy atom. The first-order valence-corrected chi connectivity index (χ1v) is 5.39. The molecule has 1 rings (SSSR count). The molecule has 0 aromatic rings. The molecule has 0 spiro atoms. The normalized spacial score (nSPS) is 21.3. The minimum Gasteiger partial charge on any atom is -0.370 e. The first kappa shape index (κ1) is 12.4. The van der Waals surface area contributed by atoms with Crippen LogP contribution in [0.2, 0.25) is 0 Å². The molecular weight excluding hydrogens is 194 g/mol. The van der Waals surface area contributed by atoms with Crippen molar-refractivity contribution in [1.29, 1.82) is 0 Å². The van der Waals surface area contributed by atoms with Gasteiger partial charge in [-0.05, 0) is 33.0 Å². The zero-order valence-electron chi connectivity index (χ0n) is 9.53. The van der Waals surface area contributed by atoms with Crippen molar-refractivity contribution in [3.63, 3.8) is 0 Å². The third-order valence-corrected chi connectivity index (χ3v) is 2.86. The van der Waals surface area contributed by atoms with Gasteiger partial charge >= 0.3 is 0 Å². The second-order valence-electron chi connectivity index (χ2n) is 4.05. The number of piperidine rings is 1. The fourth-order valence-corrected chi connectivity index (χ4v) is 1.76. The highest BCUT2D eigenvalue weighted by atomic mass is 16.5. The average Bonchev–Trinajstić information content (AvgIpc) is 2.23. The second-order valence-corrected chi connectivity index (χ2v) is 4.05. The zero-order chi connectivity index (χ0) is 11.3. The largest absolute Gasteiger partial charge is 0.370 e. The van der Waals surface area contributed by atoms with E-state index in [4.69, 9.17) is 10.5 Å². The Kier molecular flexibility index (Phi) is 5.01. The van der Waals surface area contributed by atoms with E-state index in [2.05, 4.69) is 17.3 Å². The summed E-state index contributed by atoms with van der Waals surface area (Å²) >= 11 is 0. The van der Waals surface area contributed by atoms with Crippen molar-refractivity contribution in [1.82, 2.24) is 10.2 Å². The molecule has 1 aliphatic rings. The first-order valence-electron chi connectivity index (χ1n) is 5.39. The summed E-state index contributed by atoms with van der Waals surface area (Å²) in [5, 5.41) is 2.97. The number of amides is 1. The molecule has 3 N–H and O–H groups in total. The fourth-order valence-electron chi connectivity index (χ4n) is 1.76. The molecule has 88 valence electrons. The molecule has 5 heteroatoms. The van der Waals surface area contributed by atoms with Crippen LogP contribution in [-0.4, -0.2) is 56.7 Å². The highest BCUT2D eigenvalue weighted by molar-refractivity contribution is 5.81. The monoisotopic (exact) mass is 215 g/mol. The van der Waals surface area contributed by atoms with Crippen LogP contribution in [0.4, 0.5) is 0 Å². The van der Waals surface area contributed by atoms with Gasteiger partial charge in [0.25, 0.3) is 5.91 Å². The summed E-state index contributed by atoms with van der Waals surface area (Å²) in [6.07, 6.45) is 1.50. The van der Waals surface area contributed by atoms with E-state index in [1.807, 2.05) is 0 Å². The summed E-state index contributed by atoms with van der Waals surface area (Å²) in [6.45, 7) is 2.30. The Labute approximate surface area is 90.9 Å². The number of carbonyl (C=O) groups excluding carboxylic acids is 1. The molecule has 1 fully saturated rings. The third-order valence-electron chi connectivity index (χ3n) is 2.86. The Bertz CT molecular complexity index is 199. The van der Waals surface area contributed by atoms with Crippen LogP contribution in [0.1, 0.15) is 12.8 Å². The van der Waals surface area contributed by atoms with Crippen LogP contribution >= 0.6 is 0 Å². The fraction of sp³-hybridized carbons (Fsp3) is 0.900. The molecule has 1 aliphatic heterocycles. The van der Waals surface area contributed by atoms with Gasteiger partial charge in [-0.15, -0.1) is 0 Å². The van der Waals surface area contributed by atoms with Crippen LogP contribution < -0.4 is 11.1 Å². The summed E-state index contributed by atoms with van der Waals surface area (Å²) in [5.41, 5.74) is 5.42. The van der Waals surface area contributed by atoms with Crippen LogP contribution in [0.3, 0.4) is 0 Å². The molecule has 0 aliphatic carbocycles. The second kappa shape index (κ2) is 6.05. The van der Waals surface area contributed by atoms with E-state index >= 15 is 0 Å². The van der Waals surface area contributed by atoms with Gasteiger partial charge in [0.15, 0.2) is 0 Å². The zero-order valence-corrected chi connectivity index (χ0v) is 9.53. The Balaban J connectivity index is 2.31. The smallest absolute Gasteiger partial charge is 0.250 e. The molecule has 0 radical (unpaired) electrons. The number of ether oxygens (including phenoxy) is 1. The van der Waals surface area contributed by atoms with Crippen LogP contribution in [-0.2, 0) is 9.53 Å². The van der Waals surface area contributed by atoms with Gasteiger partial charge in [-0.3, -0.25) is 4.79 Å². The topological polar surface area (TPSA) is 67.6 Å². The number of hydrogen-bond donors (Lipinski definition) is 2. The number of likely N-dealkylation sites (tertiary alicyclic amines) is 1. The van der Waals surface area contributed by atoms with Crippen molar-refractivity contribution >= 4 is 5.91 Å². The van der Waals surface area contributed by atoms with E-state index in [1.165, 1.54) is 7.11 Å². The van der Waals surface area contributed by atoms with Gasteiger partial charge in [-0.2, -0.15) is 0 Å². The molecule has 1 saturated heterocycles. The maximum atomic E-state index is 11.6. The molecule has 0 aromatic carbocycles. The van der Waals surface area contributed by atoms with Crippen LogP contribution in [0, 0.1) is 0 Å². The minimum atomic E-state index is -0.510. The van der Waals surface area contributed by atoms with Crippen molar-refractivity contribution in [2.24, 2.45) is 5.73 Å². The highest BCUT2D eigenvalue weighted by Crippen LogP contribution is 2.08. The summed E-state index contributed by atoms with van der Waals surface area (Å²) in [5.74, 6) is -0.0884. The van der Waals surface area contributed by atoms with Gasteiger partial charge in [0.2, 0.25) is 0 Å². The van der Waals surface area contributed by atoms with Gasteiger partial charge in [-0.1, -0.05) is 0 Å². The van der Waals surface area contributed by atoms with Crippen LogP contribution in [0.5, 0.6) is 0 Å². The molecule has 1 heterocycles. The van der Waals surface area contributed by atoms with Gasteiger partial charge in [0, 0.05) is 19.7 Å². The van der Waals surface area contributed by atoms with E-state index in [-0.39, 0.29) is 18.5 Å². The van der Waals surface area contributed by atoms with E-state index in [0.717, 1.165) is 25.9 Å². The van der Waals surface area contributed by atoms with E-state index in [0.29, 0.717) is 0 Å². The lowest BCUT2D eigenvalue weighted by atomic mass is 10.1. The van der Waals surface area contributed by atoms with Crippen LogP contribution in [0.15, 0.2) is 0 Å². The third kappa shape index (κ3) is 3.77. The van der Waals surface area contributed by atoms with Crippen molar-refractivity contribution in [3.05, 3.63) is 0 Å². The molecule has 1 amide bonds. The lowest BCUT2D eigenvalue weighted by Gasteiger charge is -2.30. The number of nitrogens with two attached hydrogens (primary N) is 1. The standard InChI is InChI=1S/C10H21N3O2/c1-13-5-3-8(4-6-13)12-10(14)9(7-11)15-2/h8-9H,3-7,11H2,1-2H3,(H,12,14). The highest BCUT2D eigenvalue weighted by Gasteiger charge is 2.22. The quantitative estimate of drug-likeness (QED) is 0.642. The molecular formula is C10H21N3O2. The molecule has 0 saturated carbocycles. The lowest BCUT2D eigenvalue weighted by molar-refractivity contribution is -0.131. The summed E-state index contributed by atoms with van der Waals surface area (Å²) in [7, 11) is 3.60. The van der Waals surface area contributed by atoms with E-state index in [9.17, 15) is 4.79 Å². The lowest BCUT2D eigenvalue weighted by Crippen LogP contribution is -2.48. The van der Waals surface area contributed by atoms with Gasteiger partial charge < -0.3 is 20.7 Å². The number of nitrogens with one attached hydrogen (secondary N) is 1. The Morgan fingerprint density at radius 2 is 2.20 bits per heavy atom. The average molecular weight is 215 g/mol. The van der Waals surface area contributed by atoms with Crippen molar-refractivity contribution < 1.29 is 9.53 Å². The predicted octanol–water partition coefficient (Wildman–Crippen LogP) is -0.829. The van der Waals surface area contributed by atoms with E-state index in [1.54, 1.807) is 0 Å². The minimum absolute atomic E-state index is 0.0884. The molecule has 0 bridgehead atoms. The molecule has 1 unspecified atom stereocenters. The molecule has 1 atom stereocenters. The number of nitrogens with zero attached hydrogens (tertiary/aromatic N) is 1. The SMILES string of the molecule is COC(CN)C(=O)NC1CCN(C)CC1. The van der Waals surface area contributed by atoms with Crippen molar-refractivity contribution in [3.8, 4) is 0 Å². The maximum absolute atomic E-state index is 11.6. The number of methoxy groups -OCH3 is 1. The Hall–Kier alpha value is -0.650. The van der Waals surface area contributed by atoms with Crippen molar-refractivity contribution in [2.45, 2.75) is 25.0 Å². The summed E-state index contributed by atoms with van der Waals surface area (Å²) in [4.78, 5) is 13.9. The first-order chi connectivity index (χ1) is 7.17. The van der Waals surface area contributed by atoms with Crippen molar-refractivity contribution in [2.75, 3.05) is 33.8 Å². The van der Waals surface area contributed by atoms with Gasteiger partial charge in [0.1, 0.15) is 6.10 Å². The molecule has 5 nitrogen and oxygen atoms in total. The molecule has 0 aromatic heterocycles. The summed E-state index contributed by atoms with van der Waals surface area (Å²) in [6, 6.07) is 0.276. The van der Waals surface area contributed by atoms with Crippen LogP contribution in [0.25, 0.3) is 0 Å². The maximum Gasteiger partial charge on any atom is 0.250 e. The molecule has 15 heavy (non-hydrogen) atoms. The summed E-state index contributed by atoms with van der Waals surface area (Å²) < 4.78 is 4.98. The van der Waals surface area contributed by atoms with E-state index < -0.39 is 6.10 Å². The number of rotatable bonds is 4. The Morgan fingerprint density at radius 3 is 2.67 bits per heavy atom.